The number of carbonyl (C=O) groups is 3. The van der Waals surface area contributed by atoms with E-state index in [0.29, 0.717) is 29.2 Å². The number of hydrogen-bond donors (Lipinski definition) is 4. The highest BCUT2D eigenvalue weighted by molar-refractivity contribution is 7.10. The van der Waals surface area contributed by atoms with Gasteiger partial charge in [0.2, 0.25) is 11.8 Å². The van der Waals surface area contributed by atoms with Crippen molar-refractivity contribution in [1.29, 1.82) is 5.41 Å². The van der Waals surface area contributed by atoms with Crippen LogP contribution in [0, 0.1) is 11.3 Å². The van der Waals surface area contributed by atoms with Crippen molar-refractivity contribution < 1.29 is 19.1 Å². The number of amidine groups is 1. The van der Waals surface area contributed by atoms with Crippen LogP contribution in [0.15, 0.2) is 66.0 Å². The predicted octanol–water partition coefficient (Wildman–Crippen LogP) is 3.25. The number of amides is 3. The van der Waals surface area contributed by atoms with Gasteiger partial charge in [-0.1, -0.05) is 18.2 Å². The van der Waals surface area contributed by atoms with Crippen LogP contribution in [0.3, 0.4) is 0 Å². The number of nitrogens with two attached hydrogens (primary N) is 1. The summed E-state index contributed by atoms with van der Waals surface area (Å²) in [6.07, 6.45) is 2.57. The summed E-state index contributed by atoms with van der Waals surface area (Å²) in [5, 5.41) is 15.0. The van der Waals surface area contributed by atoms with E-state index in [1.165, 1.54) is 11.3 Å². The van der Waals surface area contributed by atoms with Crippen LogP contribution in [0.25, 0.3) is 0 Å². The summed E-state index contributed by atoms with van der Waals surface area (Å²) >= 11 is 1.42. The van der Waals surface area contributed by atoms with E-state index in [2.05, 4.69) is 10.6 Å². The van der Waals surface area contributed by atoms with Gasteiger partial charge in [0, 0.05) is 27.4 Å². The fourth-order valence-electron chi connectivity index (χ4n) is 5.23. The number of nitrogen functional groups attached to an aromatic ring is 1. The van der Waals surface area contributed by atoms with Crippen molar-refractivity contribution in [1.82, 2.24) is 15.5 Å². The number of carbonyl (C=O) groups excluding carboxylic acids is 3. The fraction of sp³-hybridized carbons (Fsp3) is 0.286. The monoisotopic (exact) mass is 531 g/mol. The summed E-state index contributed by atoms with van der Waals surface area (Å²) < 4.78 is 5.76. The van der Waals surface area contributed by atoms with Crippen LogP contribution < -0.4 is 21.1 Å². The van der Waals surface area contributed by atoms with Gasteiger partial charge in [0.1, 0.15) is 23.4 Å². The Bertz CT molecular complexity index is 1340. The molecule has 2 aromatic carbocycles. The number of piperidine rings is 1. The van der Waals surface area contributed by atoms with Gasteiger partial charge in [-0.3, -0.25) is 19.8 Å². The van der Waals surface area contributed by atoms with E-state index in [0.717, 1.165) is 24.1 Å². The maximum Gasteiger partial charge on any atom is 0.251 e. The molecule has 2 fully saturated rings. The summed E-state index contributed by atoms with van der Waals surface area (Å²) in [6.45, 7) is 0.133. The molecule has 3 aromatic rings. The first-order valence-electron chi connectivity index (χ1n) is 12.5. The first-order chi connectivity index (χ1) is 18.4. The molecule has 0 radical (unpaired) electrons. The van der Waals surface area contributed by atoms with Crippen LogP contribution in [-0.4, -0.2) is 47.1 Å². The number of rotatable bonds is 9. The maximum absolute atomic E-state index is 13.2. The molecule has 1 aromatic heterocycles. The largest absolute Gasteiger partial charge is 0.457 e. The Morgan fingerprint density at radius 3 is 2.45 bits per heavy atom. The highest BCUT2D eigenvalue weighted by Crippen LogP contribution is 2.42. The Morgan fingerprint density at radius 1 is 1.00 bits per heavy atom. The molecule has 5 N–H and O–H groups in total. The van der Waals surface area contributed by atoms with Gasteiger partial charge in [0.25, 0.3) is 5.91 Å². The zero-order chi connectivity index (χ0) is 26.6. The molecule has 0 spiro atoms. The van der Waals surface area contributed by atoms with E-state index >= 15 is 0 Å². The Hall–Kier alpha value is -4.18. The Balaban J connectivity index is 1.16. The second-order valence-electron chi connectivity index (χ2n) is 9.53. The van der Waals surface area contributed by atoms with Crippen LogP contribution in [0.5, 0.6) is 11.5 Å². The molecule has 196 valence electrons. The van der Waals surface area contributed by atoms with Crippen LogP contribution in [0.1, 0.15) is 40.1 Å². The third-order valence-corrected chi connectivity index (χ3v) is 7.98. The van der Waals surface area contributed by atoms with E-state index in [9.17, 15) is 14.4 Å². The molecule has 1 aliphatic carbocycles. The van der Waals surface area contributed by atoms with Crippen molar-refractivity contribution in [2.75, 3.05) is 6.54 Å². The molecule has 1 saturated heterocycles. The number of para-hydroxylation sites is 1. The summed E-state index contributed by atoms with van der Waals surface area (Å²) in [6, 6.07) is 17.3. The lowest BCUT2D eigenvalue weighted by molar-refractivity contribution is -0.142. The van der Waals surface area contributed by atoms with Gasteiger partial charge < -0.3 is 26.0 Å². The van der Waals surface area contributed by atoms with Gasteiger partial charge in [0.15, 0.2) is 0 Å². The summed E-state index contributed by atoms with van der Waals surface area (Å²) in [5.74, 6) is 0.591. The van der Waals surface area contributed by atoms with E-state index in [1.807, 2.05) is 30.3 Å². The molecular formula is C28H29N5O4S. The number of thiophene rings is 1. The number of benzene rings is 2. The smallest absolute Gasteiger partial charge is 0.251 e. The predicted molar refractivity (Wildman–Crippen MR) is 144 cm³/mol. The van der Waals surface area contributed by atoms with Crippen LogP contribution in [0.4, 0.5) is 0 Å². The van der Waals surface area contributed by atoms with E-state index in [-0.39, 0.29) is 42.1 Å². The van der Waals surface area contributed by atoms with Crippen LogP contribution in [0.2, 0.25) is 0 Å². The lowest BCUT2D eigenvalue weighted by Gasteiger charge is -2.34. The van der Waals surface area contributed by atoms with Crippen molar-refractivity contribution >= 4 is 34.9 Å². The quantitative estimate of drug-likeness (QED) is 0.248. The lowest BCUT2D eigenvalue weighted by atomic mass is 9.97. The molecule has 5 rings (SSSR count). The third kappa shape index (κ3) is 5.55. The summed E-state index contributed by atoms with van der Waals surface area (Å²) in [4.78, 5) is 41.5. The molecule has 10 heteroatoms. The number of ether oxygens (including phenoxy) is 1. The summed E-state index contributed by atoms with van der Waals surface area (Å²) in [7, 11) is 0. The molecule has 3 amide bonds. The molecule has 2 aliphatic rings. The van der Waals surface area contributed by atoms with E-state index < -0.39 is 6.04 Å². The average Bonchev–Trinajstić information content (AvgIpc) is 3.68. The minimum Gasteiger partial charge on any atom is -0.457 e. The SMILES string of the molecule is N=C(N)c1csc(CNC(=O)[C@@H]2[C@@H]3CC[C@@H](C3)N2C(=O)CNC(=O)c2ccc(Oc3ccccc3)cc2)c1. The van der Waals surface area contributed by atoms with Crippen LogP contribution in [-0.2, 0) is 16.1 Å². The van der Waals surface area contributed by atoms with Crippen molar-refractivity contribution in [3.8, 4) is 11.5 Å². The standard InChI is InChI=1S/C28H29N5O4S/c29-26(30)19-13-23(38-16-19)14-31-28(36)25-18-6-9-20(12-18)33(25)24(34)15-32-27(35)17-7-10-22(11-8-17)37-21-4-2-1-3-5-21/h1-5,7-8,10-11,13,16,18,20,25H,6,9,12,14-15H2,(H3,29,30)(H,31,36)(H,32,35)/t18-,20+,25+/m1/s1. The van der Waals surface area contributed by atoms with E-state index in [4.69, 9.17) is 15.9 Å². The fourth-order valence-corrected chi connectivity index (χ4v) is 6.05. The number of nitrogens with one attached hydrogen (secondary N) is 3. The van der Waals surface area contributed by atoms with Gasteiger partial charge in [-0.15, -0.1) is 11.3 Å². The van der Waals surface area contributed by atoms with Gasteiger partial charge in [-0.25, -0.2) is 0 Å². The minimum atomic E-state index is -0.542. The van der Waals surface area contributed by atoms with Crippen molar-refractivity contribution in [2.24, 2.45) is 11.7 Å². The first-order valence-corrected chi connectivity index (χ1v) is 13.4. The average molecular weight is 532 g/mol. The highest BCUT2D eigenvalue weighted by atomic mass is 32.1. The second-order valence-corrected chi connectivity index (χ2v) is 10.5. The van der Waals surface area contributed by atoms with Crippen molar-refractivity contribution in [3.05, 3.63) is 82.0 Å². The second kappa shape index (κ2) is 11.1. The third-order valence-electron chi connectivity index (χ3n) is 7.04. The van der Waals surface area contributed by atoms with Crippen molar-refractivity contribution in [3.63, 3.8) is 0 Å². The molecule has 1 saturated carbocycles. The van der Waals surface area contributed by atoms with Crippen molar-refractivity contribution in [2.45, 2.75) is 37.9 Å². The number of fused-ring (bicyclic) bond motifs is 2. The maximum atomic E-state index is 13.2. The first kappa shape index (κ1) is 25.5. The van der Waals surface area contributed by atoms with Gasteiger partial charge >= 0.3 is 0 Å². The minimum absolute atomic E-state index is 0.0118. The number of hydrogen-bond acceptors (Lipinski definition) is 6. The molecule has 2 bridgehead atoms. The topological polar surface area (TPSA) is 138 Å². The Morgan fingerprint density at radius 2 is 1.74 bits per heavy atom. The lowest BCUT2D eigenvalue weighted by Crippen LogP contribution is -2.54. The Kier molecular flexibility index (Phi) is 7.41. The van der Waals surface area contributed by atoms with E-state index in [1.54, 1.807) is 40.6 Å². The highest BCUT2D eigenvalue weighted by Gasteiger charge is 2.51. The molecule has 9 nitrogen and oxygen atoms in total. The van der Waals surface area contributed by atoms with Gasteiger partial charge in [-0.05, 0) is 67.6 Å². The zero-order valence-electron chi connectivity index (χ0n) is 20.7. The molecule has 1 aliphatic heterocycles. The number of nitrogens with zero attached hydrogens (tertiary/aromatic N) is 1. The molecule has 2 heterocycles. The molecule has 3 atom stereocenters. The van der Waals surface area contributed by atoms with Gasteiger partial charge in [-0.2, -0.15) is 0 Å². The number of likely N-dealkylation sites (tertiary alicyclic amines) is 1. The zero-order valence-corrected chi connectivity index (χ0v) is 21.5. The molecule has 38 heavy (non-hydrogen) atoms. The Labute approximate surface area is 224 Å². The van der Waals surface area contributed by atoms with Crippen LogP contribution >= 0.6 is 11.3 Å². The summed E-state index contributed by atoms with van der Waals surface area (Å²) in [5.41, 5.74) is 6.56. The molecule has 0 unspecified atom stereocenters. The normalized spacial score (nSPS) is 19.7. The molecular weight excluding hydrogens is 502 g/mol. The van der Waals surface area contributed by atoms with Gasteiger partial charge in [0.05, 0.1) is 13.1 Å².